The largest absolute Gasteiger partial charge is 0.324 e. The van der Waals surface area contributed by atoms with Crippen molar-refractivity contribution in [3.63, 3.8) is 0 Å². The number of anilines is 1. The molecule has 1 amide bonds. The van der Waals surface area contributed by atoms with Crippen molar-refractivity contribution in [2.45, 2.75) is 6.92 Å². The van der Waals surface area contributed by atoms with Crippen LogP contribution in [-0.2, 0) is 4.79 Å². The highest BCUT2D eigenvalue weighted by Crippen LogP contribution is 2.32. The number of carbonyl (C=O) groups is 1. The first-order valence-corrected chi connectivity index (χ1v) is 6.82. The van der Waals surface area contributed by atoms with Crippen LogP contribution in [0.1, 0.15) is 6.92 Å². The summed E-state index contributed by atoms with van der Waals surface area (Å²) in [6.45, 7) is 3.59. The summed E-state index contributed by atoms with van der Waals surface area (Å²) in [5.74, 6) is -0.293. The van der Waals surface area contributed by atoms with E-state index in [-0.39, 0.29) is 16.8 Å². The molecule has 0 spiro atoms. The van der Waals surface area contributed by atoms with Crippen molar-refractivity contribution in [3.05, 3.63) is 27.4 Å². The van der Waals surface area contributed by atoms with Crippen LogP contribution in [0.5, 0.6) is 0 Å². The van der Waals surface area contributed by atoms with Crippen molar-refractivity contribution in [1.82, 2.24) is 5.32 Å². The molecule has 0 saturated carbocycles. The van der Waals surface area contributed by atoms with Gasteiger partial charge in [-0.1, -0.05) is 18.5 Å². The Morgan fingerprint density at radius 1 is 1.61 bits per heavy atom. The predicted octanol–water partition coefficient (Wildman–Crippen LogP) is 3.04. The molecule has 1 unspecified atom stereocenters. The van der Waals surface area contributed by atoms with Crippen molar-refractivity contribution in [1.29, 1.82) is 0 Å². The molecule has 0 aromatic heterocycles. The Balaban J connectivity index is 2.11. The minimum atomic E-state index is -0.443. The van der Waals surface area contributed by atoms with Crippen molar-refractivity contribution >= 4 is 39.1 Å². The summed E-state index contributed by atoms with van der Waals surface area (Å²) >= 11 is 9.11. The number of hydrogen-bond donors (Lipinski definition) is 2. The van der Waals surface area contributed by atoms with Crippen LogP contribution < -0.4 is 10.6 Å². The predicted molar refractivity (Wildman–Crippen MR) is 73.3 cm³/mol. The van der Waals surface area contributed by atoms with E-state index >= 15 is 0 Å². The SMILES string of the molecule is CC(C(=O)Nc1c(Cl)cc(F)cc1Br)C1CNC1. The first kappa shape index (κ1) is 13.8. The van der Waals surface area contributed by atoms with E-state index in [9.17, 15) is 9.18 Å². The van der Waals surface area contributed by atoms with Gasteiger partial charge in [-0.05, 0) is 47.1 Å². The molecule has 3 nitrogen and oxygen atoms in total. The Morgan fingerprint density at radius 2 is 2.28 bits per heavy atom. The molecule has 98 valence electrons. The van der Waals surface area contributed by atoms with Crippen molar-refractivity contribution in [2.75, 3.05) is 18.4 Å². The maximum absolute atomic E-state index is 13.1. The second kappa shape index (κ2) is 5.55. The third kappa shape index (κ3) is 2.84. The minimum Gasteiger partial charge on any atom is -0.324 e. The van der Waals surface area contributed by atoms with E-state index in [2.05, 4.69) is 26.6 Å². The molecule has 0 radical (unpaired) electrons. The first-order chi connectivity index (χ1) is 8.49. The number of amides is 1. The zero-order valence-corrected chi connectivity index (χ0v) is 12.1. The molecule has 1 aromatic rings. The van der Waals surface area contributed by atoms with Gasteiger partial charge in [-0.2, -0.15) is 0 Å². The molecule has 1 aromatic carbocycles. The van der Waals surface area contributed by atoms with E-state index in [4.69, 9.17) is 11.6 Å². The topological polar surface area (TPSA) is 41.1 Å². The van der Waals surface area contributed by atoms with Gasteiger partial charge in [0.1, 0.15) is 5.82 Å². The molecule has 1 fully saturated rings. The van der Waals surface area contributed by atoms with Crippen LogP contribution in [0.15, 0.2) is 16.6 Å². The van der Waals surface area contributed by atoms with Gasteiger partial charge < -0.3 is 10.6 Å². The normalized spacial score (nSPS) is 17.1. The van der Waals surface area contributed by atoms with Crippen LogP contribution in [0.2, 0.25) is 5.02 Å². The molecule has 1 heterocycles. The van der Waals surface area contributed by atoms with E-state index in [1.54, 1.807) is 0 Å². The molecule has 1 aliphatic heterocycles. The molecule has 2 rings (SSSR count). The lowest BCUT2D eigenvalue weighted by Crippen LogP contribution is -2.48. The van der Waals surface area contributed by atoms with Gasteiger partial charge in [0.15, 0.2) is 0 Å². The second-order valence-electron chi connectivity index (χ2n) is 4.44. The van der Waals surface area contributed by atoms with Gasteiger partial charge in [-0.3, -0.25) is 4.79 Å². The van der Waals surface area contributed by atoms with Crippen LogP contribution in [0.4, 0.5) is 10.1 Å². The summed E-state index contributed by atoms with van der Waals surface area (Å²) in [6.07, 6.45) is 0. The number of carbonyl (C=O) groups excluding carboxylic acids is 1. The quantitative estimate of drug-likeness (QED) is 0.891. The van der Waals surface area contributed by atoms with Crippen molar-refractivity contribution in [3.8, 4) is 0 Å². The fraction of sp³-hybridized carbons (Fsp3) is 0.417. The van der Waals surface area contributed by atoms with Gasteiger partial charge in [0.05, 0.1) is 10.7 Å². The lowest BCUT2D eigenvalue weighted by molar-refractivity contribution is -0.121. The Kier molecular flexibility index (Phi) is 4.25. The highest BCUT2D eigenvalue weighted by atomic mass is 79.9. The molecule has 1 atom stereocenters. The van der Waals surface area contributed by atoms with Gasteiger partial charge in [0, 0.05) is 10.4 Å². The summed E-state index contributed by atoms with van der Waals surface area (Å²) in [5.41, 5.74) is 0.419. The summed E-state index contributed by atoms with van der Waals surface area (Å²) in [6, 6.07) is 2.45. The molecule has 6 heteroatoms. The van der Waals surface area contributed by atoms with E-state index in [0.29, 0.717) is 16.1 Å². The number of benzene rings is 1. The summed E-state index contributed by atoms with van der Waals surface area (Å²) in [7, 11) is 0. The second-order valence-corrected chi connectivity index (χ2v) is 5.70. The molecule has 0 bridgehead atoms. The van der Waals surface area contributed by atoms with Gasteiger partial charge in [0.25, 0.3) is 0 Å². The Labute approximate surface area is 118 Å². The zero-order chi connectivity index (χ0) is 13.3. The van der Waals surface area contributed by atoms with Crippen molar-refractivity contribution in [2.24, 2.45) is 11.8 Å². The Bertz CT molecular complexity index is 456. The Morgan fingerprint density at radius 3 is 2.78 bits per heavy atom. The molecular weight excluding hydrogens is 323 g/mol. The van der Waals surface area contributed by atoms with Crippen molar-refractivity contribution < 1.29 is 9.18 Å². The van der Waals surface area contributed by atoms with Crippen LogP contribution >= 0.6 is 27.5 Å². The average molecular weight is 336 g/mol. The molecule has 18 heavy (non-hydrogen) atoms. The number of rotatable bonds is 3. The van der Waals surface area contributed by atoms with E-state index in [1.807, 2.05) is 6.92 Å². The Hall–Kier alpha value is -0.650. The molecular formula is C12H13BrClFN2O. The van der Waals surface area contributed by atoms with E-state index in [1.165, 1.54) is 12.1 Å². The molecule has 2 N–H and O–H groups in total. The zero-order valence-electron chi connectivity index (χ0n) is 9.77. The summed E-state index contributed by atoms with van der Waals surface area (Å²) < 4.78 is 13.5. The van der Waals surface area contributed by atoms with Crippen LogP contribution in [-0.4, -0.2) is 19.0 Å². The van der Waals surface area contributed by atoms with Gasteiger partial charge >= 0.3 is 0 Å². The minimum absolute atomic E-state index is 0.0979. The van der Waals surface area contributed by atoms with Gasteiger partial charge in [0.2, 0.25) is 5.91 Å². The van der Waals surface area contributed by atoms with Gasteiger partial charge in [-0.25, -0.2) is 4.39 Å². The van der Waals surface area contributed by atoms with Gasteiger partial charge in [-0.15, -0.1) is 0 Å². The molecule has 1 saturated heterocycles. The molecule has 0 aliphatic carbocycles. The highest BCUT2D eigenvalue weighted by molar-refractivity contribution is 9.10. The van der Waals surface area contributed by atoms with E-state index < -0.39 is 5.82 Å². The van der Waals surface area contributed by atoms with Crippen LogP contribution in [0, 0.1) is 17.7 Å². The number of hydrogen-bond acceptors (Lipinski definition) is 2. The maximum atomic E-state index is 13.1. The standard InChI is InChI=1S/C12H13BrClFN2O/c1-6(7-4-16-5-7)12(18)17-11-9(13)2-8(15)3-10(11)14/h2-3,6-7,16H,4-5H2,1H3,(H,17,18). The lowest BCUT2D eigenvalue weighted by atomic mass is 9.88. The summed E-state index contributed by atoms with van der Waals surface area (Å²) in [4.78, 5) is 12.0. The monoisotopic (exact) mass is 334 g/mol. The fourth-order valence-electron chi connectivity index (χ4n) is 1.78. The summed E-state index contributed by atoms with van der Waals surface area (Å²) in [5, 5.41) is 6.06. The molecule has 1 aliphatic rings. The van der Waals surface area contributed by atoms with Crippen LogP contribution in [0.3, 0.4) is 0 Å². The highest BCUT2D eigenvalue weighted by Gasteiger charge is 2.29. The third-order valence-corrected chi connectivity index (χ3v) is 4.11. The number of halogens is 3. The fourth-order valence-corrected chi connectivity index (χ4v) is 2.68. The smallest absolute Gasteiger partial charge is 0.227 e. The van der Waals surface area contributed by atoms with E-state index in [0.717, 1.165) is 13.1 Å². The van der Waals surface area contributed by atoms with Crippen LogP contribution in [0.25, 0.3) is 0 Å². The lowest BCUT2D eigenvalue weighted by Gasteiger charge is -2.31. The third-order valence-electron chi connectivity index (χ3n) is 3.19. The number of nitrogens with one attached hydrogen (secondary N) is 2. The maximum Gasteiger partial charge on any atom is 0.227 e. The first-order valence-electron chi connectivity index (χ1n) is 5.65. The average Bonchev–Trinajstić information content (AvgIpc) is 2.20.